The first-order valence-corrected chi connectivity index (χ1v) is 11.0. The molecule has 1 aliphatic rings. The largest absolute Gasteiger partial charge is 0.326 e. The number of hydrogen-bond donors (Lipinski definition) is 2. The topological polar surface area (TPSA) is 105 Å². The number of sulfone groups is 1. The average molecular weight is 411 g/mol. The fourth-order valence-electron chi connectivity index (χ4n) is 3.38. The minimum absolute atomic E-state index is 0.0420. The Bertz CT molecular complexity index is 1240. The molecule has 2 N–H and O–H groups in total. The molecule has 3 aromatic rings. The van der Waals surface area contributed by atoms with Gasteiger partial charge in [-0.05, 0) is 36.4 Å². The van der Waals surface area contributed by atoms with E-state index in [4.69, 9.17) is 0 Å². The summed E-state index contributed by atoms with van der Waals surface area (Å²) in [4.78, 5) is 16.4. The number of nitrogens with one attached hydrogen (secondary N) is 2. The van der Waals surface area contributed by atoms with E-state index < -0.39 is 9.84 Å². The van der Waals surface area contributed by atoms with E-state index in [1.54, 1.807) is 24.3 Å². The monoisotopic (exact) mass is 411 g/mol. The van der Waals surface area contributed by atoms with Crippen LogP contribution in [0.15, 0.2) is 52.5 Å². The van der Waals surface area contributed by atoms with Crippen LogP contribution in [-0.2, 0) is 21.7 Å². The summed E-state index contributed by atoms with van der Waals surface area (Å²) in [5.41, 5.74) is 6.82. The molecule has 4 rings (SSSR count). The maximum atomic E-state index is 11.6. The highest BCUT2D eigenvalue weighted by Gasteiger charge is 2.22. The third kappa shape index (κ3) is 3.73. The van der Waals surface area contributed by atoms with Crippen molar-refractivity contribution in [1.29, 1.82) is 0 Å². The van der Waals surface area contributed by atoms with Gasteiger partial charge < -0.3 is 9.88 Å². The van der Waals surface area contributed by atoms with Crippen LogP contribution in [0.3, 0.4) is 0 Å². The summed E-state index contributed by atoms with van der Waals surface area (Å²) in [6.45, 7) is 1.98. The molecule has 0 saturated heterocycles. The number of aromatic nitrogens is 2. The first kappa shape index (κ1) is 19.1. The molecule has 0 bridgehead atoms. The molecule has 9 heteroatoms. The van der Waals surface area contributed by atoms with Crippen molar-refractivity contribution in [3.05, 3.63) is 48.0 Å². The van der Waals surface area contributed by atoms with Gasteiger partial charge in [-0.2, -0.15) is 5.10 Å². The second-order valence-corrected chi connectivity index (χ2v) is 9.27. The molecule has 8 nitrogen and oxygen atoms in total. The molecule has 2 heterocycles. The van der Waals surface area contributed by atoms with Gasteiger partial charge in [0, 0.05) is 36.9 Å². The summed E-state index contributed by atoms with van der Waals surface area (Å²) in [5, 5.41) is 7.45. The van der Waals surface area contributed by atoms with Crippen molar-refractivity contribution < 1.29 is 13.2 Å². The summed E-state index contributed by atoms with van der Waals surface area (Å²) in [7, 11) is -1.33. The van der Waals surface area contributed by atoms with E-state index in [1.807, 2.05) is 36.7 Å². The first-order valence-electron chi connectivity index (χ1n) is 9.13. The number of aryl methyl sites for hydroxylation is 1. The van der Waals surface area contributed by atoms with Crippen molar-refractivity contribution in [2.45, 2.75) is 18.2 Å². The molecule has 1 amide bonds. The quantitative estimate of drug-likeness (QED) is 0.686. The summed E-state index contributed by atoms with van der Waals surface area (Å²) < 4.78 is 25.1. The van der Waals surface area contributed by atoms with Crippen LogP contribution >= 0.6 is 0 Å². The van der Waals surface area contributed by atoms with Gasteiger partial charge in [-0.15, -0.1) is 0 Å². The van der Waals surface area contributed by atoms with E-state index in [1.165, 1.54) is 6.26 Å². The summed E-state index contributed by atoms with van der Waals surface area (Å²) >= 11 is 0. The van der Waals surface area contributed by atoms with Crippen LogP contribution in [0.1, 0.15) is 18.9 Å². The molecule has 1 aromatic heterocycles. The van der Waals surface area contributed by atoms with E-state index in [-0.39, 0.29) is 16.7 Å². The Labute approximate surface area is 168 Å². The molecule has 0 fully saturated rings. The van der Waals surface area contributed by atoms with Crippen LogP contribution in [0.2, 0.25) is 0 Å². The van der Waals surface area contributed by atoms with Gasteiger partial charge in [0.2, 0.25) is 11.9 Å². The third-order valence-corrected chi connectivity index (χ3v) is 6.10. The van der Waals surface area contributed by atoms with Crippen LogP contribution < -0.4 is 10.7 Å². The maximum absolute atomic E-state index is 11.6. The number of hydrogen-bond acceptors (Lipinski definition) is 6. The van der Waals surface area contributed by atoms with Crippen LogP contribution in [0.25, 0.3) is 11.0 Å². The Morgan fingerprint density at radius 3 is 2.55 bits per heavy atom. The molecular formula is C20H21N5O3S. The minimum Gasteiger partial charge on any atom is -0.326 e. The van der Waals surface area contributed by atoms with Crippen molar-refractivity contribution in [3.8, 4) is 0 Å². The zero-order valence-electron chi connectivity index (χ0n) is 16.3. The molecule has 0 aliphatic carbocycles. The van der Waals surface area contributed by atoms with Crippen LogP contribution in [0.5, 0.6) is 0 Å². The number of imidazole rings is 1. The minimum atomic E-state index is -3.23. The standard InChI is InChI=1S/C20H21N5O3S/c1-12-10-18(26)23-24-19(12)13-4-9-16-17(11-13)25(2)20(22-16)21-14-5-7-15(8-6-14)29(3,27)28/h4-9,11-12H,10H2,1-3H3,(H,21,22)(H,23,26). The Kier molecular flexibility index (Phi) is 4.62. The fraction of sp³-hybridized carbons (Fsp3) is 0.250. The van der Waals surface area contributed by atoms with Gasteiger partial charge in [-0.3, -0.25) is 4.79 Å². The maximum Gasteiger partial charge on any atom is 0.240 e. The van der Waals surface area contributed by atoms with Crippen LogP contribution in [0, 0.1) is 5.92 Å². The van der Waals surface area contributed by atoms with E-state index in [9.17, 15) is 13.2 Å². The number of carbonyl (C=O) groups excluding carboxylic acids is 1. The molecule has 1 unspecified atom stereocenters. The number of fused-ring (bicyclic) bond motifs is 1. The highest BCUT2D eigenvalue weighted by Crippen LogP contribution is 2.25. The SMILES string of the molecule is CC1CC(=O)NN=C1c1ccc2nc(Nc3ccc(S(C)(=O)=O)cc3)n(C)c2c1. The third-order valence-electron chi connectivity index (χ3n) is 4.97. The number of hydrazone groups is 1. The molecule has 150 valence electrons. The lowest BCUT2D eigenvalue weighted by atomic mass is 9.94. The molecule has 0 spiro atoms. The predicted octanol–water partition coefficient (Wildman–Crippen LogP) is 2.58. The Morgan fingerprint density at radius 2 is 1.90 bits per heavy atom. The summed E-state index contributed by atoms with van der Waals surface area (Å²) in [5.74, 6) is 0.604. The van der Waals surface area contributed by atoms with Crippen molar-refractivity contribution in [1.82, 2.24) is 15.0 Å². The van der Waals surface area contributed by atoms with Crippen molar-refractivity contribution in [3.63, 3.8) is 0 Å². The van der Waals surface area contributed by atoms with Crippen molar-refractivity contribution in [2.75, 3.05) is 11.6 Å². The van der Waals surface area contributed by atoms with Gasteiger partial charge in [0.05, 0.1) is 21.6 Å². The number of nitrogens with zero attached hydrogens (tertiary/aromatic N) is 3. The van der Waals surface area contributed by atoms with E-state index in [0.29, 0.717) is 12.4 Å². The first-order chi connectivity index (χ1) is 13.7. The highest BCUT2D eigenvalue weighted by atomic mass is 32.2. The van der Waals surface area contributed by atoms with Gasteiger partial charge in [0.15, 0.2) is 9.84 Å². The van der Waals surface area contributed by atoms with Gasteiger partial charge in [-0.25, -0.2) is 18.8 Å². The second-order valence-electron chi connectivity index (χ2n) is 7.26. The zero-order chi connectivity index (χ0) is 20.8. The molecule has 1 atom stereocenters. The zero-order valence-corrected chi connectivity index (χ0v) is 17.1. The lowest BCUT2D eigenvalue weighted by Gasteiger charge is -2.19. The van der Waals surface area contributed by atoms with E-state index in [2.05, 4.69) is 20.8 Å². The Balaban J connectivity index is 1.65. The molecular weight excluding hydrogens is 390 g/mol. The van der Waals surface area contributed by atoms with Gasteiger partial charge in [0.25, 0.3) is 0 Å². The highest BCUT2D eigenvalue weighted by molar-refractivity contribution is 7.90. The van der Waals surface area contributed by atoms with Crippen LogP contribution in [-0.4, -0.2) is 35.8 Å². The number of benzene rings is 2. The summed E-state index contributed by atoms with van der Waals surface area (Å²) in [6, 6.07) is 12.4. The average Bonchev–Trinajstić information content (AvgIpc) is 2.97. The van der Waals surface area contributed by atoms with Gasteiger partial charge >= 0.3 is 0 Å². The van der Waals surface area contributed by atoms with E-state index in [0.717, 1.165) is 28.0 Å². The number of carbonyl (C=O) groups is 1. The Morgan fingerprint density at radius 1 is 1.17 bits per heavy atom. The second kappa shape index (κ2) is 7.00. The van der Waals surface area contributed by atoms with E-state index >= 15 is 0 Å². The van der Waals surface area contributed by atoms with Crippen molar-refractivity contribution in [2.24, 2.45) is 18.1 Å². The molecule has 2 aromatic carbocycles. The lowest BCUT2D eigenvalue weighted by molar-refractivity contribution is -0.121. The van der Waals surface area contributed by atoms with Crippen LogP contribution in [0.4, 0.5) is 11.6 Å². The van der Waals surface area contributed by atoms with Gasteiger partial charge in [0.1, 0.15) is 0 Å². The normalized spacial score (nSPS) is 17.1. The lowest BCUT2D eigenvalue weighted by Crippen LogP contribution is -2.31. The Hall–Kier alpha value is -3.20. The molecule has 1 aliphatic heterocycles. The number of rotatable bonds is 4. The molecule has 29 heavy (non-hydrogen) atoms. The van der Waals surface area contributed by atoms with Crippen molar-refractivity contribution >= 4 is 44.1 Å². The predicted molar refractivity (Wildman–Crippen MR) is 112 cm³/mol. The van der Waals surface area contributed by atoms with Gasteiger partial charge in [-0.1, -0.05) is 13.0 Å². The molecule has 0 saturated carbocycles. The fourth-order valence-corrected chi connectivity index (χ4v) is 4.01. The number of amides is 1. The summed E-state index contributed by atoms with van der Waals surface area (Å²) in [6.07, 6.45) is 1.60. The molecule has 0 radical (unpaired) electrons. The number of anilines is 2. The smallest absolute Gasteiger partial charge is 0.240 e.